The van der Waals surface area contributed by atoms with E-state index in [0.29, 0.717) is 26.0 Å². The van der Waals surface area contributed by atoms with E-state index >= 15 is 0 Å². The second kappa shape index (κ2) is 8.54. The number of ether oxygens (including phenoxy) is 3. The molecule has 1 aliphatic rings. The zero-order valence-electron chi connectivity index (χ0n) is 16.1. The van der Waals surface area contributed by atoms with E-state index < -0.39 is 23.2 Å². The number of carbonyl (C=O) groups is 2. The van der Waals surface area contributed by atoms with Gasteiger partial charge in [0.1, 0.15) is 5.60 Å². The maximum absolute atomic E-state index is 12.7. The summed E-state index contributed by atoms with van der Waals surface area (Å²) in [4.78, 5) is 26.9. The number of esters is 1. The summed E-state index contributed by atoms with van der Waals surface area (Å²) in [5.74, 6) is -0.434. The van der Waals surface area contributed by atoms with Gasteiger partial charge in [0, 0.05) is 6.54 Å². The zero-order chi connectivity index (χ0) is 19.2. The molecule has 0 aromatic heterocycles. The van der Waals surface area contributed by atoms with Crippen LogP contribution in [0, 0.1) is 0 Å². The van der Waals surface area contributed by atoms with Crippen LogP contribution in [0.15, 0.2) is 30.3 Å². The van der Waals surface area contributed by atoms with Crippen LogP contribution in [0.25, 0.3) is 0 Å². The summed E-state index contributed by atoms with van der Waals surface area (Å²) >= 11 is 0. The Morgan fingerprint density at radius 2 is 1.88 bits per heavy atom. The number of carbonyl (C=O) groups excluding carboxylic acids is 2. The Labute approximate surface area is 155 Å². The monoisotopic (exact) mass is 363 g/mol. The maximum Gasteiger partial charge on any atom is 0.411 e. The second-order valence-electron chi connectivity index (χ2n) is 7.47. The Hall–Kier alpha value is -2.08. The Balaban J connectivity index is 2.15. The first-order chi connectivity index (χ1) is 12.3. The van der Waals surface area contributed by atoms with Gasteiger partial charge in [-0.25, -0.2) is 9.59 Å². The van der Waals surface area contributed by atoms with Gasteiger partial charge < -0.3 is 14.2 Å². The van der Waals surface area contributed by atoms with Crippen LogP contribution < -0.4 is 0 Å². The normalized spacial score (nSPS) is 20.1. The van der Waals surface area contributed by atoms with Crippen molar-refractivity contribution in [2.24, 2.45) is 0 Å². The highest BCUT2D eigenvalue weighted by Gasteiger charge is 2.52. The van der Waals surface area contributed by atoms with Gasteiger partial charge in [0.15, 0.2) is 5.54 Å². The van der Waals surface area contributed by atoms with Crippen LogP contribution in [0.1, 0.15) is 46.1 Å². The molecular weight excluding hydrogens is 334 g/mol. The molecule has 1 saturated heterocycles. The molecule has 1 aliphatic heterocycles. The molecule has 0 radical (unpaired) electrons. The molecule has 1 atom stereocenters. The lowest BCUT2D eigenvalue weighted by molar-refractivity contribution is -0.160. The number of amides is 1. The van der Waals surface area contributed by atoms with E-state index in [-0.39, 0.29) is 13.2 Å². The fourth-order valence-corrected chi connectivity index (χ4v) is 3.06. The maximum atomic E-state index is 12.7. The largest absolute Gasteiger partial charge is 0.464 e. The molecular formula is C20H29NO5. The van der Waals surface area contributed by atoms with Crippen LogP contribution in [0.2, 0.25) is 0 Å². The lowest BCUT2D eigenvalue weighted by Gasteiger charge is -2.36. The van der Waals surface area contributed by atoms with Gasteiger partial charge in [0.05, 0.1) is 19.8 Å². The average molecular weight is 363 g/mol. The first kappa shape index (κ1) is 20.2. The molecule has 1 aromatic carbocycles. The highest BCUT2D eigenvalue weighted by Crippen LogP contribution is 2.33. The van der Waals surface area contributed by atoms with Gasteiger partial charge in [-0.3, -0.25) is 4.90 Å². The Kier molecular flexibility index (Phi) is 6.64. The molecule has 1 aromatic rings. The van der Waals surface area contributed by atoms with Crippen LogP contribution in [0.4, 0.5) is 4.79 Å². The van der Waals surface area contributed by atoms with Crippen LogP contribution >= 0.6 is 0 Å². The smallest absolute Gasteiger partial charge is 0.411 e. The minimum atomic E-state index is -1.13. The quantitative estimate of drug-likeness (QED) is 0.724. The van der Waals surface area contributed by atoms with Crippen molar-refractivity contribution in [2.45, 2.75) is 58.3 Å². The minimum Gasteiger partial charge on any atom is -0.464 e. The van der Waals surface area contributed by atoms with Gasteiger partial charge in [-0.05, 0) is 46.1 Å². The highest BCUT2D eigenvalue weighted by atomic mass is 16.6. The standard InChI is InChI=1S/C20H29NO5/c1-5-25-17(22)20(15-24-14-16-10-7-6-8-11-16)12-9-13-21(20)18(23)26-19(2,3)4/h6-8,10-11H,5,9,12-15H2,1-4H3/t20-/m0/s1. The van der Waals surface area contributed by atoms with Crippen molar-refractivity contribution in [3.63, 3.8) is 0 Å². The van der Waals surface area contributed by atoms with E-state index in [0.717, 1.165) is 5.56 Å². The van der Waals surface area contributed by atoms with Crippen molar-refractivity contribution in [1.29, 1.82) is 0 Å². The van der Waals surface area contributed by atoms with Gasteiger partial charge in [-0.1, -0.05) is 30.3 Å². The number of hydrogen-bond donors (Lipinski definition) is 0. The van der Waals surface area contributed by atoms with Crippen LogP contribution in [0.5, 0.6) is 0 Å². The summed E-state index contributed by atoms with van der Waals surface area (Å²) in [6, 6.07) is 9.71. The molecule has 26 heavy (non-hydrogen) atoms. The SMILES string of the molecule is CCOC(=O)[C@@]1(COCc2ccccc2)CCCN1C(=O)OC(C)(C)C. The van der Waals surface area contributed by atoms with Gasteiger partial charge in [0.25, 0.3) is 0 Å². The van der Waals surface area contributed by atoms with E-state index in [1.165, 1.54) is 4.90 Å². The fraction of sp³-hybridized carbons (Fsp3) is 0.600. The van der Waals surface area contributed by atoms with Crippen molar-refractivity contribution in [2.75, 3.05) is 19.8 Å². The number of hydrogen-bond acceptors (Lipinski definition) is 5. The summed E-state index contributed by atoms with van der Waals surface area (Å²) in [7, 11) is 0. The predicted octanol–water partition coefficient (Wildman–Crippen LogP) is 3.54. The van der Waals surface area contributed by atoms with Crippen molar-refractivity contribution in [1.82, 2.24) is 4.90 Å². The number of rotatable bonds is 6. The molecule has 0 aliphatic carbocycles. The van der Waals surface area contributed by atoms with Gasteiger partial charge in [-0.15, -0.1) is 0 Å². The van der Waals surface area contributed by atoms with Gasteiger partial charge in [-0.2, -0.15) is 0 Å². The van der Waals surface area contributed by atoms with E-state index in [2.05, 4.69) is 0 Å². The highest BCUT2D eigenvalue weighted by molar-refractivity contribution is 5.87. The average Bonchev–Trinajstić information content (AvgIpc) is 3.00. The molecule has 0 saturated carbocycles. The molecule has 1 amide bonds. The number of benzene rings is 1. The third kappa shape index (κ3) is 4.97. The predicted molar refractivity (Wildman–Crippen MR) is 97.6 cm³/mol. The summed E-state index contributed by atoms with van der Waals surface area (Å²) < 4.78 is 16.6. The van der Waals surface area contributed by atoms with Crippen molar-refractivity contribution < 1.29 is 23.8 Å². The van der Waals surface area contributed by atoms with Crippen molar-refractivity contribution in [3.8, 4) is 0 Å². The molecule has 0 N–H and O–H groups in total. The number of nitrogens with zero attached hydrogens (tertiary/aromatic N) is 1. The van der Waals surface area contributed by atoms with E-state index in [1.807, 2.05) is 30.3 Å². The van der Waals surface area contributed by atoms with Crippen LogP contribution in [-0.2, 0) is 25.6 Å². The van der Waals surface area contributed by atoms with E-state index in [4.69, 9.17) is 14.2 Å². The molecule has 0 bridgehead atoms. The number of likely N-dealkylation sites (tertiary alicyclic amines) is 1. The fourth-order valence-electron chi connectivity index (χ4n) is 3.06. The summed E-state index contributed by atoms with van der Waals surface area (Å²) in [6.07, 6.45) is 0.693. The molecule has 0 spiro atoms. The molecule has 2 rings (SSSR count). The molecule has 6 nitrogen and oxygen atoms in total. The van der Waals surface area contributed by atoms with Crippen LogP contribution in [0.3, 0.4) is 0 Å². The third-order valence-corrected chi connectivity index (χ3v) is 4.21. The first-order valence-corrected chi connectivity index (χ1v) is 9.08. The lowest BCUT2D eigenvalue weighted by Crippen LogP contribution is -2.57. The van der Waals surface area contributed by atoms with E-state index in [9.17, 15) is 9.59 Å². The molecule has 1 heterocycles. The summed E-state index contributed by atoms with van der Waals surface area (Å²) in [5.41, 5.74) is -0.758. The third-order valence-electron chi connectivity index (χ3n) is 4.21. The Morgan fingerprint density at radius 3 is 2.50 bits per heavy atom. The van der Waals surface area contributed by atoms with Crippen molar-refractivity contribution in [3.05, 3.63) is 35.9 Å². The summed E-state index contributed by atoms with van der Waals surface area (Å²) in [5, 5.41) is 0. The first-order valence-electron chi connectivity index (χ1n) is 9.08. The van der Waals surface area contributed by atoms with Gasteiger partial charge in [0.2, 0.25) is 0 Å². The second-order valence-corrected chi connectivity index (χ2v) is 7.47. The van der Waals surface area contributed by atoms with E-state index in [1.54, 1.807) is 27.7 Å². The molecule has 6 heteroatoms. The summed E-state index contributed by atoms with van der Waals surface area (Å²) in [6.45, 7) is 8.31. The molecule has 144 valence electrons. The van der Waals surface area contributed by atoms with Gasteiger partial charge >= 0.3 is 12.1 Å². The zero-order valence-corrected chi connectivity index (χ0v) is 16.1. The molecule has 1 fully saturated rings. The lowest BCUT2D eigenvalue weighted by atomic mass is 9.97. The molecule has 0 unspecified atom stereocenters. The minimum absolute atomic E-state index is 0.0833. The van der Waals surface area contributed by atoms with Crippen LogP contribution in [-0.4, -0.2) is 47.9 Å². The topological polar surface area (TPSA) is 65.1 Å². The van der Waals surface area contributed by atoms with Crippen molar-refractivity contribution >= 4 is 12.1 Å². The Bertz CT molecular complexity index is 610. The Morgan fingerprint density at radius 1 is 1.19 bits per heavy atom.